The molecule has 0 radical (unpaired) electrons. The number of amides is 1. The van der Waals surface area contributed by atoms with Crippen LogP contribution in [0.1, 0.15) is 57.6 Å². The minimum absolute atomic E-state index is 0.0391. The van der Waals surface area contributed by atoms with Gasteiger partial charge < -0.3 is 4.74 Å². The first-order valence-electron chi connectivity index (χ1n) is 6.94. The van der Waals surface area contributed by atoms with Gasteiger partial charge in [-0.15, -0.1) is 0 Å². The Kier molecular flexibility index (Phi) is 5.16. The molecule has 114 valence electrons. The highest BCUT2D eigenvalue weighted by Crippen LogP contribution is 2.20. The van der Waals surface area contributed by atoms with E-state index in [1.807, 2.05) is 46.2 Å². The lowest BCUT2D eigenvalue weighted by Gasteiger charge is -2.21. The molecule has 6 heteroatoms. The molecule has 1 atom stereocenters. The Bertz CT molecular complexity index is 474. The van der Waals surface area contributed by atoms with Crippen molar-refractivity contribution in [3.05, 3.63) is 17.0 Å². The molecule has 1 unspecified atom stereocenters. The lowest BCUT2D eigenvalue weighted by Crippen LogP contribution is -2.42. The summed E-state index contributed by atoms with van der Waals surface area (Å²) < 4.78 is 7.13. The van der Waals surface area contributed by atoms with Crippen molar-refractivity contribution in [2.24, 2.45) is 0 Å². The Hall–Kier alpha value is -1.56. The standard InChI is InChI=1S/C14H26N4O2/c1-8-18-11(4)12(10(3)17-18)9(2)15-16-13(19)20-14(5,6)7/h9,15H,8H2,1-7H3,(H,16,19). The molecule has 0 spiro atoms. The van der Waals surface area contributed by atoms with Crippen LogP contribution in [-0.2, 0) is 11.3 Å². The molecule has 1 rings (SSSR count). The van der Waals surface area contributed by atoms with Crippen LogP contribution in [-0.4, -0.2) is 21.5 Å². The van der Waals surface area contributed by atoms with Gasteiger partial charge in [-0.1, -0.05) is 0 Å². The molecular formula is C14H26N4O2. The third-order valence-corrected chi connectivity index (χ3v) is 2.96. The summed E-state index contributed by atoms with van der Waals surface area (Å²) in [7, 11) is 0. The van der Waals surface area contributed by atoms with Crippen LogP contribution in [0.4, 0.5) is 4.79 Å². The second-order valence-electron chi connectivity index (χ2n) is 5.89. The molecule has 0 aliphatic rings. The maximum absolute atomic E-state index is 11.6. The van der Waals surface area contributed by atoms with E-state index in [-0.39, 0.29) is 6.04 Å². The van der Waals surface area contributed by atoms with E-state index < -0.39 is 11.7 Å². The summed E-state index contributed by atoms with van der Waals surface area (Å²) in [6.45, 7) is 14.4. The van der Waals surface area contributed by atoms with Crippen LogP contribution in [0.25, 0.3) is 0 Å². The number of carbonyl (C=O) groups is 1. The van der Waals surface area contributed by atoms with E-state index >= 15 is 0 Å². The average Bonchev–Trinajstić information content (AvgIpc) is 2.59. The van der Waals surface area contributed by atoms with Crippen molar-refractivity contribution in [3.8, 4) is 0 Å². The van der Waals surface area contributed by atoms with Crippen molar-refractivity contribution in [3.63, 3.8) is 0 Å². The lowest BCUT2D eigenvalue weighted by atomic mass is 10.1. The van der Waals surface area contributed by atoms with Crippen molar-refractivity contribution < 1.29 is 9.53 Å². The largest absolute Gasteiger partial charge is 0.443 e. The van der Waals surface area contributed by atoms with Gasteiger partial charge in [-0.2, -0.15) is 5.10 Å². The summed E-state index contributed by atoms with van der Waals surface area (Å²) in [5.74, 6) is 0. The van der Waals surface area contributed by atoms with Gasteiger partial charge in [-0.25, -0.2) is 10.2 Å². The molecule has 0 aliphatic carbocycles. The number of carbonyl (C=O) groups excluding carboxylic acids is 1. The number of aryl methyl sites for hydroxylation is 2. The monoisotopic (exact) mass is 282 g/mol. The Labute approximate surface area is 120 Å². The highest BCUT2D eigenvalue weighted by atomic mass is 16.6. The Morgan fingerprint density at radius 3 is 2.45 bits per heavy atom. The van der Waals surface area contributed by atoms with Gasteiger partial charge in [0, 0.05) is 17.8 Å². The summed E-state index contributed by atoms with van der Waals surface area (Å²) in [5, 5.41) is 4.47. The first kappa shape index (κ1) is 16.5. The molecule has 0 aliphatic heterocycles. The van der Waals surface area contributed by atoms with Crippen LogP contribution >= 0.6 is 0 Å². The van der Waals surface area contributed by atoms with E-state index in [9.17, 15) is 4.79 Å². The Morgan fingerprint density at radius 1 is 1.40 bits per heavy atom. The maximum Gasteiger partial charge on any atom is 0.422 e. The minimum atomic E-state index is -0.506. The molecule has 2 N–H and O–H groups in total. The quantitative estimate of drug-likeness (QED) is 0.833. The second kappa shape index (κ2) is 6.26. The van der Waals surface area contributed by atoms with Crippen LogP contribution in [0.3, 0.4) is 0 Å². The second-order valence-corrected chi connectivity index (χ2v) is 5.89. The summed E-state index contributed by atoms with van der Waals surface area (Å²) >= 11 is 0. The first-order valence-corrected chi connectivity index (χ1v) is 6.94. The van der Waals surface area contributed by atoms with Crippen LogP contribution < -0.4 is 10.9 Å². The molecule has 0 saturated carbocycles. The van der Waals surface area contributed by atoms with Crippen LogP contribution in [0.2, 0.25) is 0 Å². The highest BCUT2D eigenvalue weighted by Gasteiger charge is 2.19. The molecule has 20 heavy (non-hydrogen) atoms. The molecular weight excluding hydrogens is 256 g/mol. The van der Waals surface area contributed by atoms with E-state index in [0.717, 1.165) is 23.5 Å². The lowest BCUT2D eigenvalue weighted by molar-refractivity contribution is 0.0489. The van der Waals surface area contributed by atoms with E-state index in [2.05, 4.69) is 22.9 Å². The first-order chi connectivity index (χ1) is 9.15. The van der Waals surface area contributed by atoms with Gasteiger partial charge in [-0.05, 0) is 48.5 Å². The molecule has 1 aromatic rings. The molecule has 0 fully saturated rings. The van der Waals surface area contributed by atoms with Gasteiger partial charge in [0.05, 0.1) is 11.7 Å². The van der Waals surface area contributed by atoms with Gasteiger partial charge in [-0.3, -0.25) is 10.1 Å². The summed E-state index contributed by atoms with van der Waals surface area (Å²) in [6, 6.07) is -0.0391. The van der Waals surface area contributed by atoms with E-state index in [4.69, 9.17) is 4.74 Å². The third-order valence-electron chi connectivity index (χ3n) is 2.96. The number of hydrogen-bond acceptors (Lipinski definition) is 4. The highest BCUT2D eigenvalue weighted by molar-refractivity contribution is 5.67. The van der Waals surface area contributed by atoms with Gasteiger partial charge >= 0.3 is 6.09 Å². The predicted octanol–water partition coefficient (Wildman–Crippen LogP) is 2.61. The molecule has 0 bridgehead atoms. The Morgan fingerprint density at radius 2 is 2.00 bits per heavy atom. The Balaban J connectivity index is 2.66. The van der Waals surface area contributed by atoms with Gasteiger partial charge in [0.25, 0.3) is 0 Å². The number of aromatic nitrogens is 2. The summed E-state index contributed by atoms with van der Waals surface area (Å²) in [5.41, 5.74) is 8.20. The van der Waals surface area contributed by atoms with Crippen LogP contribution in [0, 0.1) is 13.8 Å². The maximum atomic E-state index is 11.6. The van der Waals surface area contributed by atoms with Crippen molar-refractivity contribution >= 4 is 6.09 Å². The molecule has 1 amide bonds. The molecule has 1 aromatic heterocycles. The fourth-order valence-corrected chi connectivity index (χ4v) is 2.19. The topological polar surface area (TPSA) is 68.2 Å². The molecule has 6 nitrogen and oxygen atoms in total. The normalized spacial score (nSPS) is 13.2. The van der Waals surface area contributed by atoms with Gasteiger partial charge in [0.1, 0.15) is 5.60 Å². The van der Waals surface area contributed by atoms with Crippen molar-refractivity contribution in [2.45, 2.75) is 66.7 Å². The van der Waals surface area contributed by atoms with Crippen molar-refractivity contribution in [1.82, 2.24) is 20.6 Å². The number of nitrogens with zero attached hydrogens (tertiary/aromatic N) is 2. The summed E-state index contributed by atoms with van der Waals surface area (Å²) in [4.78, 5) is 11.6. The number of ether oxygens (including phenoxy) is 1. The number of rotatable bonds is 4. The smallest absolute Gasteiger partial charge is 0.422 e. The predicted molar refractivity (Wildman–Crippen MR) is 78.3 cm³/mol. The van der Waals surface area contributed by atoms with Crippen molar-refractivity contribution in [2.75, 3.05) is 0 Å². The zero-order valence-corrected chi connectivity index (χ0v) is 13.5. The van der Waals surface area contributed by atoms with E-state index in [1.54, 1.807) is 0 Å². The number of hydrazine groups is 1. The molecule has 0 saturated heterocycles. The van der Waals surface area contributed by atoms with Gasteiger partial charge in [0.15, 0.2) is 0 Å². The zero-order valence-electron chi connectivity index (χ0n) is 13.5. The summed E-state index contributed by atoms with van der Waals surface area (Å²) in [6.07, 6.45) is -0.484. The van der Waals surface area contributed by atoms with Gasteiger partial charge in [0.2, 0.25) is 0 Å². The fraction of sp³-hybridized carbons (Fsp3) is 0.714. The average molecular weight is 282 g/mol. The number of hydrogen-bond donors (Lipinski definition) is 2. The molecule has 0 aromatic carbocycles. The van der Waals surface area contributed by atoms with Crippen LogP contribution in [0.15, 0.2) is 0 Å². The zero-order chi connectivity index (χ0) is 15.5. The van der Waals surface area contributed by atoms with E-state index in [1.165, 1.54) is 0 Å². The minimum Gasteiger partial charge on any atom is -0.443 e. The SMILES string of the molecule is CCn1nc(C)c(C(C)NNC(=O)OC(C)(C)C)c1C. The van der Waals surface area contributed by atoms with E-state index in [0.29, 0.717) is 0 Å². The van der Waals surface area contributed by atoms with Crippen molar-refractivity contribution in [1.29, 1.82) is 0 Å². The molecule has 1 heterocycles. The third kappa shape index (κ3) is 4.23. The number of nitrogens with one attached hydrogen (secondary N) is 2. The fourth-order valence-electron chi connectivity index (χ4n) is 2.19. The van der Waals surface area contributed by atoms with Crippen LogP contribution in [0.5, 0.6) is 0 Å².